The van der Waals surface area contributed by atoms with Gasteiger partial charge in [-0.3, -0.25) is 14.3 Å². The number of amides is 2. The molecule has 3 aromatic rings. The Labute approximate surface area is 195 Å². The quantitative estimate of drug-likeness (QED) is 0.578. The van der Waals surface area contributed by atoms with Gasteiger partial charge < -0.3 is 9.80 Å². The second kappa shape index (κ2) is 10.0. The van der Waals surface area contributed by atoms with Crippen LogP contribution >= 0.6 is 0 Å². The molecule has 0 unspecified atom stereocenters. The number of rotatable bonds is 6. The highest BCUT2D eigenvalue weighted by atomic mass is 16.2. The van der Waals surface area contributed by atoms with Gasteiger partial charge >= 0.3 is 0 Å². The molecule has 0 aliphatic carbocycles. The van der Waals surface area contributed by atoms with Gasteiger partial charge in [0, 0.05) is 38.1 Å². The normalized spacial score (nSPS) is 17.7. The molecule has 0 saturated carbocycles. The molecule has 1 aliphatic heterocycles. The van der Waals surface area contributed by atoms with Crippen molar-refractivity contribution >= 4 is 11.8 Å². The predicted molar refractivity (Wildman–Crippen MR) is 130 cm³/mol. The Balaban J connectivity index is 1.61. The molecule has 6 nitrogen and oxygen atoms in total. The first kappa shape index (κ1) is 22.8. The van der Waals surface area contributed by atoms with E-state index in [2.05, 4.69) is 29.4 Å². The number of aryl methyl sites for hydroxylation is 1. The van der Waals surface area contributed by atoms with Gasteiger partial charge in [-0.05, 0) is 49.9 Å². The zero-order valence-electron chi connectivity index (χ0n) is 19.6. The average molecular weight is 445 g/mol. The topological polar surface area (TPSA) is 58.4 Å². The molecule has 2 heterocycles. The van der Waals surface area contributed by atoms with E-state index in [1.54, 1.807) is 10.9 Å². The van der Waals surface area contributed by atoms with Crippen LogP contribution in [0.25, 0.3) is 11.1 Å². The van der Waals surface area contributed by atoms with Crippen LogP contribution in [0.1, 0.15) is 31.1 Å². The van der Waals surface area contributed by atoms with Crippen LogP contribution in [0.4, 0.5) is 0 Å². The van der Waals surface area contributed by atoms with Crippen LogP contribution in [0.2, 0.25) is 0 Å². The van der Waals surface area contributed by atoms with E-state index in [9.17, 15) is 9.59 Å². The summed E-state index contributed by atoms with van der Waals surface area (Å²) in [6.45, 7) is 7.99. The van der Waals surface area contributed by atoms with Gasteiger partial charge in [0.1, 0.15) is 6.04 Å². The van der Waals surface area contributed by atoms with Crippen LogP contribution in [0.3, 0.4) is 0 Å². The van der Waals surface area contributed by atoms with Gasteiger partial charge in [-0.1, -0.05) is 54.6 Å². The van der Waals surface area contributed by atoms with Crippen molar-refractivity contribution in [3.8, 4) is 11.1 Å². The highest BCUT2D eigenvalue weighted by Crippen LogP contribution is 2.27. The number of hydrogen-bond donors (Lipinski definition) is 0. The van der Waals surface area contributed by atoms with Crippen LogP contribution in [-0.4, -0.2) is 57.6 Å². The molecule has 2 aromatic carbocycles. The summed E-state index contributed by atoms with van der Waals surface area (Å²) < 4.78 is 1.76. The lowest BCUT2D eigenvalue weighted by atomic mass is 9.91. The molecule has 0 spiro atoms. The van der Waals surface area contributed by atoms with Crippen molar-refractivity contribution in [3.05, 3.63) is 78.1 Å². The highest BCUT2D eigenvalue weighted by Gasteiger charge is 2.34. The Morgan fingerprint density at radius 3 is 2.48 bits per heavy atom. The summed E-state index contributed by atoms with van der Waals surface area (Å²) in [5, 5.41) is 4.32. The largest absolute Gasteiger partial charge is 0.341 e. The zero-order valence-corrected chi connectivity index (χ0v) is 19.6. The summed E-state index contributed by atoms with van der Waals surface area (Å²) in [6.07, 6.45) is 2.31. The van der Waals surface area contributed by atoms with Crippen molar-refractivity contribution < 1.29 is 9.59 Å². The number of carbonyl (C=O) groups excluding carboxylic acids is 2. The number of hydrogen-bond acceptors (Lipinski definition) is 3. The summed E-state index contributed by atoms with van der Waals surface area (Å²) in [4.78, 5) is 30.6. The highest BCUT2D eigenvalue weighted by molar-refractivity contribution is 5.84. The van der Waals surface area contributed by atoms with Crippen molar-refractivity contribution in [2.24, 2.45) is 5.92 Å². The average Bonchev–Trinajstić information content (AvgIpc) is 3.21. The van der Waals surface area contributed by atoms with Crippen LogP contribution in [-0.2, 0) is 16.0 Å². The first-order valence-electron chi connectivity index (χ1n) is 11.7. The molecule has 1 saturated heterocycles. The monoisotopic (exact) mass is 444 g/mol. The molecule has 1 aromatic heterocycles. The Hall–Kier alpha value is -3.41. The molecule has 1 fully saturated rings. The third kappa shape index (κ3) is 4.85. The van der Waals surface area contributed by atoms with Gasteiger partial charge in [-0.2, -0.15) is 5.10 Å². The summed E-state index contributed by atoms with van der Waals surface area (Å²) >= 11 is 0. The molecule has 172 valence electrons. The molecular weight excluding hydrogens is 412 g/mol. The third-order valence-corrected chi connectivity index (χ3v) is 6.60. The first-order valence-corrected chi connectivity index (χ1v) is 11.7. The van der Waals surface area contributed by atoms with E-state index < -0.39 is 6.04 Å². The molecule has 2 atom stereocenters. The molecule has 1 aliphatic rings. The Morgan fingerprint density at radius 2 is 1.79 bits per heavy atom. The second-order valence-electron chi connectivity index (χ2n) is 8.72. The minimum absolute atomic E-state index is 0.00824. The Kier molecular flexibility index (Phi) is 6.92. The van der Waals surface area contributed by atoms with Crippen LogP contribution < -0.4 is 0 Å². The SMILES string of the molecule is CCN1CCN(C(=O)[C@H](C)n2nccc2C)C[C@H](Cc2ccccc2-c2ccccc2)C1=O. The molecule has 33 heavy (non-hydrogen) atoms. The predicted octanol–water partition coefficient (Wildman–Crippen LogP) is 3.97. The van der Waals surface area contributed by atoms with Gasteiger partial charge in [0.25, 0.3) is 0 Å². The van der Waals surface area contributed by atoms with Crippen LogP contribution in [0.15, 0.2) is 66.9 Å². The van der Waals surface area contributed by atoms with Crippen molar-refractivity contribution in [3.63, 3.8) is 0 Å². The van der Waals surface area contributed by atoms with Crippen molar-refractivity contribution in [2.75, 3.05) is 26.2 Å². The maximum absolute atomic E-state index is 13.4. The molecule has 0 bridgehead atoms. The smallest absolute Gasteiger partial charge is 0.247 e. The second-order valence-corrected chi connectivity index (χ2v) is 8.72. The summed E-state index contributed by atoms with van der Waals surface area (Å²) in [5.74, 6) is -0.153. The molecule has 0 radical (unpaired) electrons. The lowest BCUT2D eigenvalue weighted by Gasteiger charge is -2.27. The van der Waals surface area contributed by atoms with Crippen LogP contribution in [0, 0.1) is 12.8 Å². The van der Waals surface area contributed by atoms with E-state index in [-0.39, 0.29) is 17.7 Å². The summed E-state index contributed by atoms with van der Waals surface area (Å²) in [6, 6.07) is 20.0. The lowest BCUT2D eigenvalue weighted by Crippen LogP contribution is -2.41. The van der Waals surface area contributed by atoms with E-state index in [0.717, 1.165) is 22.4 Å². The standard InChI is InChI=1S/C27H32N4O2/c1-4-29-16-17-30(26(32)21(3)31-20(2)14-15-28-31)19-24(27(29)33)18-23-12-8-9-13-25(23)22-10-6-5-7-11-22/h5-15,21,24H,4,16-19H2,1-3H3/t21-,24-/m0/s1. The van der Waals surface area contributed by atoms with Gasteiger partial charge in [0.15, 0.2) is 0 Å². The fraction of sp³-hybridized carbons (Fsp3) is 0.370. The van der Waals surface area contributed by atoms with E-state index in [1.165, 1.54) is 0 Å². The van der Waals surface area contributed by atoms with Gasteiger partial charge in [-0.15, -0.1) is 0 Å². The number of benzene rings is 2. The first-order chi connectivity index (χ1) is 16.0. The van der Waals surface area contributed by atoms with Crippen molar-refractivity contribution in [2.45, 2.75) is 33.2 Å². The molecule has 2 amide bonds. The van der Waals surface area contributed by atoms with Gasteiger partial charge in [0.2, 0.25) is 11.8 Å². The molecule has 4 rings (SSSR count). The molecule has 0 N–H and O–H groups in total. The van der Waals surface area contributed by atoms with Crippen LogP contribution in [0.5, 0.6) is 0 Å². The number of likely N-dealkylation sites (N-methyl/N-ethyl adjacent to an activating group) is 1. The number of aromatic nitrogens is 2. The Morgan fingerprint density at radius 1 is 1.06 bits per heavy atom. The minimum atomic E-state index is -0.402. The van der Waals surface area contributed by atoms with Gasteiger partial charge in [0.05, 0.1) is 5.92 Å². The van der Waals surface area contributed by atoms with Crippen molar-refractivity contribution in [1.29, 1.82) is 0 Å². The molecular formula is C27H32N4O2. The summed E-state index contributed by atoms with van der Waals surface area (Å²) in [5.41, 5.74) is 4.35. The fourth-order valence-electron chi connectivity index (χ4n) is 4.73. The zero-order chi connectivity index (χ0) is 23.4. The maximum Gasteiger partial charge on any atom is 0.247 e. The number of carbonyl (C=O) groups is 2. The van der Waals surface area contributed by atoms with E-state index in [1.807, 2.05) is 67.0 Å². The summed E-state index contributed by atoms with van der Waals surface area (Å²) in [7, 11) is 0. The van der Waals surface area contributed by atoms with E-state index in [4.69, 9.17) is 0 Å². The minimum Gasteiger partial charge on any atom is -0.341 e. The van der Waals surface area contributed by atoms with Crippen molar-refractivity contribution in [1.82, 2.24) is 19.6 Å². The Bertz CT molecular complexity index is 1110. The van der Waals surface area contributed by atoms with Gasteiger partial charge in [-0.25, -0.2) is 0 Å². The number of nitrogens with zero attached hydrogens (tertiary/aromatic N) is 4. The lowest BCUT2D eigenvalue weighted by molar-refractivity contribution is -0.136. The van der Waals surface area contributed by atoms with E-state index in [0.29, 0.717) is 32.6 Å². The van der Waals surface area contributed by atoms with E-state index >= 15 is 0 Å². The maximum atomic E-state index is 13.4. The third-order valence-electron chi connectivity index (χ3n) is 6.60. The fourth-order valence-corrected chi connectivity index (χ4v) is 4.73. The molecule has 6 heteroatoms.